The minimum atomic E-state index is -0.591. The van der Waals surface area contributed by atoms with Crippen LogP contribution in [-0.2, 0) is 20.9 Å². The molecule has 4 amide bonds. The van der Waals surface area contributed by atoms with Crippen LogP contribution in [0.15, 0.2) is 18.2 Å². The van der Waals surface area contributed by atoms with Gasteiger partial charge in [-0.1, -0.05) is 19.4 Å². The SMILES string of the molecule is CCCCOC(=O)N1CCC2(CC1)CN(c1ccc3c(c1)C(=O)N(C1CCC(=O)NC1=O)C3)C2. The van der Waals surface area contributed by atoms with E-state index in [-0.39, 0.29) is 35.7 Å². The van der Waals surface area contributed by atoms with Crippen LogP contribution in [-0.4, -0.2) is 72.4 Å². The average Bonchev–Trinajstić information content (AvgIpc) is 3.13. The van der Waals surface area contributed by atoms with Gasteiger partial charge in [-0.3, -0.25) is 19.7 Å². The molecule has 1 unspecified atom stereocenters. The Morgan fingerprint density at radius 1 is 1.18 bits per heavy atom. The normalized spacial score (nSPS) is 23.6. The van der Waals surface area contributed by atoms with Crippen LogP contribution in [0.3, 0.4) is 0 Å². The molecule has 3 saturated heterocycles. The van der Waals surface area contributed by atoms with E-state index >= 15 is 0 Å². The van der Waals surface area contributed by atoms with Gasteiger partial charge in [0.25, 0.3) is 5.91 Å². The number of nitrogens with zero attached hydrogens (tertiary/aromatic N) is 3. The number of hydrogen-bond donors (Lipinski definition) is 1. The van der Waals surface area contributed by atoms with Gasteiger partial charge in [0.05, 0.1) is 6.61 Å². The fraction of sp³-hybridized carbons (Fsp3) is 0.600. The van der Waals surface area contributed by atoms with Crippen LogP contribution in [0.1, 0.15) is 61.4 Å². The molecule has 1 atom stereocenters. The fourth-order valence-corrected chi connectivity index (χ4v) is 5.56. The van der Waals surface area contributed by atoms with E-state index in [1.165, 1.54) is 0 Å². The number of piperidine rings is 2. The third-order valence-electron chi connectivity index (χ3n) is 7.74. The van der Waals surface area contributed by atoms with Gasteiger partial charge in [0.15, 0.2) is 0 Å². The molecule has 1 aromatic carbocycles. The number of hydrogen-bond acceptors (Lipinski definition) is 6. The summed E-state index contributed by atoms with van der Waals surface area (Å²) in [5.41, 5.74) is 2.79. The van der Waals surface area contributed by atoms with Crippen molar-refractivity contribution in [2.24, 2.45) is 5.41 Å². The number of rotatable bonds is 5. The standard InChI is InChI=1S/C25H32N4O5/c1-2-3-12-34-24(33)27-10-8-25(9-11-27)15-28(16-25)18-5-4-17-14-29(23(32)19(17)13-18)20-6-7-21(30)26-22(20)31/h4-5,13,20H,2-3,6-12,14-16H2,1H3,(H,26,30,31). The highest BCUT2D eigenvalue weighted by Gasteiger charge is 2.46. The first-order chi connectivity index (χ1) is 16.4. The number of ether oxygens (including phenoxy) is 1. The molecule has 1 spiro atoms. The summed E-state index contributed by atoms with van der Waals surface area (Å²) in [6, 6.07) is 5.38. The predicted molar refractivity (Wildman–Crippen MR) is 124 cm³/mol. The first-order valence-electron chi connectivity index (χ1n) is 12.3. The molecule has 0 bridgehead atoms. The van der Waals surface area contributed by atoms with Crippen molar-refractivity contribution in [1.29, 1.82) is 0 Å². The summed E-state index contributed by atoms with van der Waals surface area (Å²) in [4.78, 5) is 54.7. The van der Waals surface area contributed by atoms with Crippen LogP contribution < -0.4 is 10.2 Å². The molecule has 9 nitrogen and oxygen atoms in total. The van der Waals surface area contributed by atoms with Gasteiger partial charge in [-0.2, -0.15) is 0 Å². The zero-order valence-electron chi connectivity index (χ0n) is 19.7. The van der Waals surface area contributed by atoms with E-state index in [1.807, 2.05) is 23.1 Å². The minimum absolute atomic E-state index is 0.142. The number of unbranched alkanes of at least 4 members (excludes halogenated alkanes) is 1. The fourth-order valence-electron chi connectivity index (χ4n) is 5.56. The molecule has 3 fully saturated rings. The number of carbonyl (C=O) groups is 4. The highest BCUT2D eigenvalue weighted by molar-refractivity contribution is 6.05. The van der Waals surface area contributed by atoms with Gasteiger partial charge in [-0.25, -0.2) is 4.79 Å². The molecule has 4 aliphatic heterocycles. The maximum absolute atomic E-state index is 13.1. The van der Waals surface area contributed by atoms with E-state index in [9.17, 15) is 19.2 Å². The molecule has 1 aromatic rings. The number of fused-ring (bicyclic) bond motifs is 1. The van der Waals surface area contributed by atoms with E-state index in [0.717, 1.165) is 63.1 Å². The Bertz CT molecular complexity index is 1010. The van der Waals surface area contributed by atoms with Crippen LogP contribution >= 0.6 is 0 Å². The smallest absolute Gasteiger partial charge is 0.409 e. The lowest BCUT2D eigenvalue weighted by molar-refractivity contribution is -0.136. The van der Waals surface area contributed by atoms with Crippen LogP contribution in [0.2, 0.25) is 0 Å². The third-order valence-corrected chi connectivity index (χ3v) is 7.74. The first-order valence-corrected chi connectivity index (χ1v) is 12.3. The van der Waals surface area contributed by atoms with Gasteiger partial charge in [0, 0.05) is 55.8 Å². The summed E-state index contributed by atoms with van der Waals surface area (Å²) in [5.74, 6) is -0.807. The number of nitrogens with one attached hydrogen (secondary N) is 1. The van der Waals surface area contributed by atoms with E-state index in [1.54, 1.807) is 4.90 Å². The van der Waals surface area contributed by atoms with Crippen molar-refractivity contribution >= 4 is 29.5 Å². The van der Waals surface area contributed by atoms with Gasteiger partial charge in [0.2, 0.25) is 11.8 Å². The van der Waals surface area contributed by atoms with Crippen molar-refractivity contribution in [2.75, 3.05) is 37.7 Å². The molecule has 0 radical (unpaired) electrons. The number of amides is 4. The Labute approximate surface area is 199 Å². The molecule has 0 aromatic heterocycles. The Balaban J connectivity index is 1.17. The van der Waals surface area contributed by atoms with Crippen molar-refractivity contribution in [1.82, 2.24) is 15.1 Å². The van der Waals surface area contributed by atoms with Crippen molar-refractivity contribution in [2.45, 2.75) is 58.0 Å². The lowest BCUT2D eigenvalue weighted by Crippen LogP contribution is -2.61. The Kier molecular flexibility index (Phi) is 5.95. The van der Waals surface area contributed by atoms with E-state index < -0.39 is 6.04 Å². The summed E-state index contributed by atoms with van der Waals surface area (Å²) >= 11 is 0. The molecule has 4 heterocycles. The summed E-state index contributed by atoms with van der Waals surface area (Å²) in [5, 5.41) is 2.34. The van der Waals surface area contributed by atoms with E-state index in [4.69, 9.17) is 4.74 Å². The third kappa shape index (κ3) is 4.12. The van der Waals surface area contributed by atoms with Gasteiger partial charge >= 0.3 is 6.09 Å². The van der Waals surface area contributed by atoms with Crippen molar-refractivity contribution < 1.29 is 23.9 Å². The van der Waals surface area contributed by atoms with Gasteiger partial charge in [-0.05, 0) is 43.4 Å². The highest BCUT2D eigenvalue weighted by Crippen LogP contribution is 2.43. The van der Waals surface area contributed by atoms with Crippen LogP contribution in [0.5, 0.6) is 0 Å². The molecular formula is C25H32N4O5. The molecule has 4 aliphatic rings. The molecule has 0 aliphatic carbocycles. The lowest BCUT2D eigenvalue weighted by Gasteiger charge is -2.54. The van der Waals surface area contributed by atoms with Crippen molar-refractivity contribution in [3.8, 4) is 0 Å². The zero-order chi connectivity index (χ0) is 23.9. The summed E-state index contributed by atoms with van der Waals surface area (Å²) in [7, 11) is 0. The Hall–Kier alpha value is -3.10. The molecule has 5 rings (SSSR count). The van der Waals surface area contributed by atoms with Gasteiger partial charge in [-0.15, -0.1) is 0 Å². The number of imide groups is 1. The first kappa shape index (κ1) is 22.7. The van der Waals surface area contributed by atoms with Gasteiger partial charge < -0.3 is 19.4 Å². The zero-order valence-corrected chi connectivity index (χ0v) is 19.7. The molecule has 182 valence electrons. The predicted octanol–water partition coefficient (Wildman–Crippen LogP) is 2.29. The monoisotopic (exact) mass is 468 g/mol. The number of benzene rings is 1. The van der Waals surface area contributed by atoms with Crippen LogP contribution in [0, 0.1) is 5.41 Å². The van der Waals surface area contributed by atoms with Crippen LogP contribution in [0.25, 0.3) is 0 Å². The second kappa shape index (κ2) is 8.92. The molecule has 1 N–H and O–H groups in total. The largest absolute Gasteiger partial charge is 0.449 e. The number of anilines is 1. The van der Waals surface area contributed by atoms with Crippen molar-refractivity contribution in [3.63, 3.8) is 0 Å². The van der Waals surface area contributed by atoms with E-state index in [2.05, 4.69) is 17.1 Å². The van der Waals surface area contributed by atoms with Crippen LogP contribution in [0.4, 0.5) is 10.5 Å². The average molecular weight is 469 g/mol. The highest BCUT2D eigenvalue weighted by atomic mass is 16.6. The van der Waals surface area contributed by atoms with E-state index in [0.29, 0.717) is 25.1 Å². The second-order valence-electron chi connectivity index (χ2n) is 10.1. The molecule has 9 heteroatoms. The maximum Gasteiger partial charge on any atom is 0.409 e. The summed E-state index contributed by atoms with van der Waals surface area (Å²) < 4.78 is 5.35. The Morgan fingerprint density at radius 2 is 1.94 bits per heavy atom. The Morgan fingerprint density at radius 3 is 2.65 bits per heavy atom. The molecule has 34 heavy (non-hydrogen) atoms. The number of carbonyl (C=O) groups excluding carboxylic acids is 4. The summed E-state index contributed by atoms with van der Waals surface area (Å²) in [6.45, 7) is 6.24. The minimum Gasteiger partial charge on any atom is -0.449 e. The quantitative estimate of drug-likeness (QED) is 0.526. The van der Waals surface area contributed by atoms with Crippen molar-refractivity contribution in [3.05, 3.63) is 29.3 Å². The second-order valence-corrected chi connectivity index (χ2v) is 10.1. The van der Waals surface area contributed by atoms with Gasteiger partial charge in [0.1, 0.15) is 6.04 Å². The molecular weight excluding hydrogens is 436 g/mol. The molecule has 0 saturated carbocycles. The lowest BCUT2D eigenvalue weighted by atomic mass is 9.72. The summed E-state index contributed by atoms with van der Waals surface area (Å²) in [6.07, 6.45) is 4.25. The number of likely N-dealkylation sites (tertiary alicyclic amines) is 1. The topological polar surface area (TPSA) is 99.3 Å². The maximum atomic E-state index is 13.1.